The predicted molar refractivity (Wildman–Crippen MR) is 20.4 cm³/mol. The summed E-state index contributed by atoms with van der Waals surface area (Å²) in [7, 11) is 0. The summed E-state index contributed by atoms with van der Waals surface area (Å²) >= 11 is 4.59. The fourth-order valence-corrected chi connectivity index (χ4v) is 0.252. The molecule has 1 atom stereocenters. The van der Waals surface area contributed by atoms with Crippen LogP contribution in [0.5, 0.6) is 0 Å². The maximum atomic E-state index is 11.3. The first-order valence-electron chi connectivity index (χ1n) is 1.61. The topological polar surface area (TPSA) is 40.1 Å². The molecule has 0 saturated carbocycles. The monoisotopic (exact) mass is 148 g/mol. The number of carbonyl (C=O) groups is 1. The van der Waals surface area contributed by atoms with Crippen molar-refractivity contribution in [1.29, 1.82) is 0 Å². The molecular formula is C3H3ClFNaO2. The van der Waals surface area contributed by atoms with Crippen LogP contribution in [0.4, 0.5) is 4.39 Å². The van der Waals surface area contributed by atoms with Gasteiger partial charge in [0.15, 0.2) is 5.63 Å². The molecule has 0 aliphatic carbocycles. The average molecular weight is 148 g/mol. The summed E-state index contributed by atoms with van der Waals surface area (Å²) < 4.78 is 11.3. The normalized spacial score (nSPS) is 11.8. The second-order valence-electron chi connectivity index (χ2n) is 0.967. The Morgan fingerprint density at radius 3 is 2.25 bits per heavy atom. The minimum absolute atomic E-state index is 0. The van der Waals surface area contributed by atoms with Crippen LogP contribution in [0.3, 0.4) is 0 Å². The molecule has 0 N–H and O–H groups in total. The van der Waals surface area contributed by atoms with E-state index in [0.29, 0.717) is 0 Å². The van der Waals surface area contributed by atoms with Crippen LogP contribution in [0, 0.1) is 0 Å². The second kappa shape index (κ2) is 5.82. The molecule has 0 fully saturated rings. The smallest absolute Gasteiger partial charge is 0.550 e. The third-order valence-corrected chi connectivity index (χ3v) is 0.475. The van der Waals surface area contributed by atoms with Gasteiger partial charge >= 0.3 is 29.6 Å². The van der Waals surface area contributed by atoms with Crippen LogP contribution in [0.15, 0.2) is 0 Å². The molecule has 0 aromatic carbocycles. The standard InChI is InChI=1S/C3H4ClFO2.Na/c4-2(5)1-3(6)7;/h2H,1H2,(H,6,7);/q;+1/p-1. The van der Waals surface area contributed by atoms with E-state index in [2.05, 4.69) is 11.6 Å². The molecule has 8 heavy (non-hydrogen) atoms. The third-order valence-electron chi connectivity index (χ3n) is 0.321. The van der Waals surface area contributed by atoms with Crippen LogP contribution in [0.2, 0.25) is 0 Å². The van der Waals surface area contributed by atoms with Crippen molar-refractivity contribution in [2.24, 2.45) is 0 Å². The molecule has 0 amide bonds. The Hall–Kier alpha value is 0.690. The number of alkyl halides is 2. The van der Waals surface area contributed by atoms with E-state index in [1.54, 1.807) is 0 Å². The fraction of sp³-hybridized carbons (Fsp3) is 0.667. The van der Waals surface area contributed by atoms with E-state index in [9.17, 15) is 14.3 Å². The van der Waals surface area contributed by atoms with E-state index in [1.807, 2.05) is 0 Å². The van der Waals surface area contributed by atoms with Gasteiger partial charge in [-0.2, -0.15) is 0 Å². The number of hydrogen-bond donors (Lipinski definition) is 0. The van der Waals surface area contributed by atoms with Crippen LogP contribution >= 0.6 is 11.6 Å². The maximum Gasteiger partial charge on any atom is 1.00 e. The van der Waals surface area contributed by atoms with Crippen molar-refractivity contribution in [2.75, 3.05) is 0 Å². The number of halogens is 2. The Morgan fingerprint density at radius 2 is 2.25 bits per heavy atom. The van der Waals surface area contributed by atoms with Gasteiger partial charge < -0.3 is 9.90 Å². The molecule has 0 spiro atoms. The minimum Gasteiger partial charge on any atom is -0.550 e. The van der Waals surface area contributed by atoms with Gasteiger partial charge in [-0.15, -0.1) is 0 Å². The van der Waals surface area contributed by atoms with Crippen molar-refractivity contribution in [3.05, 3.63) is 0 Å². The molecule has 0 heterocycles. The first kappa shape index (κ1) is 11.5. The SMILES string of the molecule is O=C([O-])CC(F)Cl.[Na+]. The molecule has 42 valence electrons. The first-order chi connectivity index (χ1) is 3.13. The summed E-state index contributed by atoms with van der Waals surface area (Å²) in [6, 6.07) is 0. The molecule has 0 rings (SSSR count). The number of hydrogen-bond acceptors (Lipinski definition) is 2. The molecule has 0 aliphatic heterocycles. The van der Waals surface area contributed by atoms with E-state index < -0.39 is 18.0 Å². The Balaban J connectivity index is 0. The van der Waals surface area contributed by atoms with E-state index >= 15 is 0 Å². The summed E-state index contributed by atoms with van der Waals surface area (Å²) in [4.78, 5) is 9.37. The van der Waals surface area contributed by atoms with Crippen LogP contribution in [0.25, 0.3) is 0 Å². The molecule has 0 radical (unpaired) electrons. The van der Waals surface area contributed by atoms with Gasteiger partial charge in [-0.05, 0) is 0 Å². The Labute approximate surface area is 73.3 Å². The zero-order valence-electron chi connectivity index (χ0n) is 4.36. The van der Waals surface area contributed by atoms with Crippen molar-refractivity contribution >= 4 is 17.6 Å². The van der Waals surface area contributed by atoms with Gasteiger partial charge in [-0.1, -0.05) is 11.6 Å². The summed E-state index contributed by atoms with van der Waals surface area (Å²) in [5.41, 5.74) is -1.81. The largest absolute Gasteiger partial charge is 1.00 e. The quantitative estimate of drug-likeness (QED) is 0.304. The van der Waals surface area contributed by atoms with Crippen LogP contribution < -0.4 is 34.7 Å². The Kier molecular flexibility index (Phi) is 8.35. The van der Waals surface area contributed by atoms with E-state index in [-0.39, 0.29) is 29.6 Å². The van der Waals surface area contributed by atoms with Gasteiger partial charge in [-0.25, -0.2) is 4.39 Å². The fourth-order valence-electron chi connectivity index (χ4n) is 0.126. The third kappa shape index (κ3) is 9.85. The summed E-state index contributed by atoms with van der Waals surface area (Å²) in [5.74, 6) is -1.47. The number of carboxylic acid groups (broad SMARTS) is 1. The maximum absolute atomic E-state index is 11.3. The van der Waals surface area contributed by atoms with Crippen LogP contribution in [-0.4, -0.2) is 11.6 Å². The second-order valence-corrected chi connectivity index (χ2v) is 1.44. The van der Waals surface area contributed by atoms with E-state index in [1.165, 1.54) is 0 Å². The molecule has 0 aromatic rings. The van der Waals surface area contributed by atoms with Crippen molar-refractivity contribution in [3.8, 4) is 0 Å². The Bertz CT molecular complexity index is 77.7. The van der Waals surface area contributed by atoms with Gasteiger partial charge in [-0.3, -0.25) is 0 Å². The molecule has 5 heteroatoms. The predicted octanol–water partition coefficient (Wildman–Crippen LogP) is -3.34. The zero-order chi connectivity index (χ0) is 5.86. The van der Waals surface area contributed by atoms with Gasteiger partial charge in [0.1, 0.15) is 0 Å². The molecule has 1 unspecified atom stereocenters. The number of aliphatic carboxylic acids is 1. The van der Waals surface area contributed by atoms with E-state index in [0.717, 1.165) is 0 Å². The summed E-state index contributed by atoms with van der Waals surface area (Å²) in [6.45, 7) is 0. The van der Waals surface area contributed by atoms with Gasteiger partial charge in [0.05, 0.1) is 0 Å². The molecule has 2 nitrogen and oxygen atoms in total. The summed E-state index contributed by atoms with van der Waals surface area (Å²) in [5, 5.41) is 9.37. The zero-order valence-corrected chi connectivity index (χ0v) is 7.11. The summed E-state index contributed by atoms with van der Waals surface area (Å²) in [6.07, 6.45) is -0.735. The van der Waals surface area contributed by atoms with Crippen molar-refractivity contribution in [3.63, 3.8) is 0 Å². The van der Waals surface area contributed by atoms with Crippen LogP contribution in [-0.2, 0) is 4.79 Å². The number of carbonyl (C=O) groups excluding carboxylic acids is 1. The van der Waals surface area contributed by atoms with Gasteiger partial charge in [0.25, 0.3) is 0 Å². The van der Waals surface area contributed by atoms with Gasteiger partial charge in [0, 0.05) is 12.4 Å². The molecular weight excluding hydrogens is 145 g/mol. The minimum atomic E-state index is -1.81. The Morgan fingerprint density at radius 1 is 1.88 bits per heavy atom. The van der Waals surface area contributed by atoms with Crippen molar-refractivity contribution in [2.45, 2.75) is 12.1 Å². The average Bonchev–Trinajstić information content (AvgIpc) is 1.27. The number of rotatable bonds is 2. The molecule has 0 bridgehead atoms. The number of carboxylic acids is 1. The van der Waals surface area contributed by atoms with Crippen molar-refractivity contribution in [1.82, 2.24) is 0 Å². The van der Waals surface area contributed by atoms with Crippen molar-refractivity contribution < 1.29 is 43.8 Å². The van der Waals surface area contributed by atoms with E-state index in [4.69, 9.17) is 0 Å². The molecule has 0 aromatic heterocycles. The molecule has 0 saturated heterocycles. The molecule has 0 aliphatic rings. The van der Waals surface area contributed by atoms with Crippen LogP contribution in [0.1, 0.15) is 6.42 Å². The first-order valence-corrected chi connectivity index (χ1v) is 2.04. The van der Waals surface area contributed by atoms with Gasteiger partial charge in [0.2, 0.25) is 0 Å².